The molecular formula is C28H33N3O5. The average Bonchev–Trinajstić information content (AvgIpc) is 3.42. The number of carbonyl (C=O) groups is 3. The molecule has 6 atom stereocenters. The van der Waals surface area contributed by atoms with E-state index in [0.29, 0.717) is 24.2 Å². The minimum Gasteiger partial charge on any atom is -0.394 e. The average molecular weight is 492 g/mol. The van der Waals surface area contributed by atoms with E-state index < -0.39 is 35.1 Å². The van der Waals surface area contributed by atoms with Gasteiger partial charge in [0.25, 0.3) is 0 Å². The number of nitrogens with one attached hydrogen (secondary N) is 2. The highest BCUT2D eigenvalue weighted by Gasteiger charge is 2.78. The van der Waals surface area contributed by atoms with Crippen LogP contribution in [0, 0.1) is 25.7 Å². The number of hydrogen-bond acceptors (Lipinski definition) is 5. The lowest BCUT2D eigenvalue weighted by molar-refractivity contribution is -0.146. The van der Waals surface area contributed by atoms with Gasteiger partial charge in [0, 0.05) is 11.4 Å². The van der Waals surface area contributed by atoms with Gasteiger partial charge in [0.1, 0.15) is 11.6 Å². The zero-order valence-corrected chi connectivity index (χ0v) is 21.1. The Balaban J connectivity index is 1.53. The van der Waals surface area contributed by atoms with E-state index in [1.807, 2.05) is 57.2 Å². The van der Waals surface area contributed by atoms with Crippen LogP contribution in [-0.4, -0.2) is 57.6 Å². The molecule has 5 rings (SSSR count). The van der Waals surface area contributed by atoms with Gasteiger partial charge in [-0.05, 0) is 69.9 Å². The first-order chi connectivity index (χ1) is 17.1. The molecule has 0 aliphatic carbocycles. The number of fused-ring (bicyclic) bond motifs is 1. The SMILES string of the molecule is Cc1ccc(C)c(NC(=O)C2N([C@H](C)CO)C(=O)[C@@H]3[C@H](C(=O)Nc4ccccc4)[C@]4(C)CCC23O4)c1. The minimum atomic E-state index is -1.14. The van der Waals surface area contributed by atoms with E-state index in [2.05, 4.69) is 10.6 Å². The zero-order valence-electron chi connectivity index (χ0n) is 21.1. The Morgan fingerprint density at radius 2 is 1.83 bits per heavy atom. The lowest BCUT2D eigenvalue weighted by atomic mass is 9.66. The first kappa shape index (κ1) is 24.5. The molecule has 0 radical (unpaired) electrons. The van der Waals surface area contributed by atoms with Crippen molar-refractivity contribution in [3.05, 3.63) is 59.7 Å². The summed E-state index contributed by atoms with van der Waals surface area (Å²) < 4.78 is 6.60. The van der Waals surface area contributed by atoms with Crippen LogP contribution in [0.15, 0.2) is 48.5 Å². The van der Waals surface area contributed by atoms with Crippen molar-refractivity contribution in [1.29, 1.82) is 0 Å². The smallest absolute Gasteiger partial charge is 0.250 e. The highest BCUT2D eigenvalue weighted by Crippen LogP contribution is 2.63. The monoisotopic (exact) mass is 491 g/mol. The van der Waals surface area contributed by atoms with E-state index in [4.69, 9.17) is 4.74 Å². The molecule has 8 heteroatoms. The van der Waals surface area contributed by atoms with Crippen molar-refractivity contribution in [2.75, 3.05) is 17.2 Å². The van der Waals surface area contributed by atoms with E-state index in [1.165, 1.54) is 4.90 Å². The number of likely N-dealkylation sites (tertiary alicyclic amines) is 1. The second kappa shape index (κ2) is 8.71. The molecule has 2 unspecified atom stereocenters. The molecule has 3 saturated heterocycles. The molecule has 2 bridgehead atoms. The van der Waals surface area contributed by atoms with Gasteiger partial charge >= 0.3 is 0 Å². The Morgan fingerprint density at radius 3 is 2.53 bits per heavy atom. The topological polar surface area (TPSA) is 108 Å². The summed E-state index contributed by atoms with van der Waals surface area (Å²) in [4.78, 5) is 42.9. The normalized spacial score (nSPS) is 31.3. The number of aliphatic hydroxyl groups excluding tert-OH is 1. The molecule has 3 fully saturated rings. The summed E-state index contributed by atoms with van der Waals surface area (Å²) in [6.07, 6.45) is 1.03. The number of aryl methyl sites for hydroxylation is 2. The molecule has 0 aromatic heterocycles. The number of anilines is 2. The summed E-state index contributed by atoms with van der Waals surface area (Å²) in [5.74, 6) is -2.56. The van der Waals surface area contributed by atoms with E-state index in [1.54, 1.807) is 19.1 Å². The number of ether oxygens (including phenoxy) is 1. The fourth-order valence-corrected chi connectivity index (χ4v) is 6.44. The number of para-hydroxylation sites is 1. The Morgan fingerprint density at radius 1 is 1.11 bits per heavy atom. The first-order valence-electron chi connectivity index (χ1n) is 12.5. The van der Waals surface area contributed by atoms with Crippen LogP contribution in [0.4, 0.5) is 11.4 Å². The van der Waals surface area contributed by atoms with Crippen LogP contribution in [0.1, 0.15) is 37.8 Å². The van der Waals surface area contributed by atoms with E-state index in [0.717, 1.165) is 11.1 Å². The number of benzene rings is 2. The van der Waals surface area contributed by atoms with Crippen LogP contribution in [0.3, 0.4) is 0 Å². The molecule has 3 heterocycles. The van der Waals surface area contributed by atoms with Crippen molar-refractivity contribution < 1.29 is 24.2 Å². The predicted molar refractivity (Wildman–Crippen MR) is 135 cm³/mol. The van der Waals surface area contributed by atoms with Crippen LogP contribution in [0.25, 0.3) is 0 Å². The number of amides is 3. The minimum absolute atomic E-state index is 0.296. The van der Waals surface area contributed by atoms with Gasteiger partial charge in [0.15, 0.2) is 0 Å². The summed E-state index contributed by atoms with van der Waals surface area (Å²) in [6.45, 7) is 7.12. The van der Waals surface area contributed by atoms with Gasteiger partial charge in [-0.25, -0.2) is 0 Å². The van der Waals surface area contributed by atoms with Crippen molar-refractivity contribution in [3.63, 3.8) is 0 Å². The van der Waals surface area contributed by atoms with Crippen LogP contribution < -0.4 is 10.6 Å². The zero-order chi connectivity index (χ0) is 25.8. The second-order valence-electron chi connectivity index (χ2n) is 10.7. The third kappa shape index (κ3) is 3.62. The van der Waals surface area contributed by atoms with Gasteiger partial charge in [-0.3, -0.25) is 14.4 Å². The molecule has 0 saturated carbocycles. The fraction of sp³-hybridized carbons (Fsp3) is 0.464. The Labute approximate surface area is 211 Å². The Bertz CT molecular complexity index is 1220. The van der Waals surface area contributed by atoms with Crippen LogP contribution >= 0.6 is 0 Å². The molecule has 2 aromatic rings. The summed E-state index contributed by atoms with van der Waals surface area (Å²) in [5, 5.41) is 15.9. The number of aliphatic hydroxyl groups is 1. The number of rotatable bonds is 6. The molecule has 3 N–H and O–H groups in total. The van der Waals surface area contributed by atoms with Gasteiger partial charge < -0.3 is 25.4 Å². The molecule has 3 aliphatic rings. The van der Waals surface area contributed by atoms with Crippen molar-refractivity contribution in [1.82, 2.24) is 4.90 Å². The van der Waals surface area contributed by atoms with E-state index in [-0.39, 0.29) is 24.3 Å². The first-order valence-corrected chi connectivity index (χ1v) is 12.5. The van der Waals surface area contributed by atoms with Gasteiger partial charge in [-0.15, -0.1) is 0 Å². The number of hydrogen-bond donors (Lipinski definition) is 3. The third-order valence-electron chi connectivity index (χ3n) is 8.18. The molecule has 8 nitrogen and oxygen atoms in total. The third-order valence-corrected chi connectivity index (χ3v) is 8.18. The Kier molecular flexibility index (Phi) is 5.92. The maximum atomic E-state index is 13.9. The lowest BCUT2D eigenvalue weighted by Gasteiger charge is -2.35. The van der Waals surface area contributed by atoms with Gasteiger partial charge in [0.2, 0.25) is 17.7 Å². The molecule has 3 aliphatic heterocycles. The molecular weight excluding hydrogens is 458 g/mol. The molecule has 190 valence electrons. The predicted octanol–water partition coefficient (Wildman–Crippen LogP) is 3.03. The second-order valence-corrected chi connectivity index (χ2v) is 10.7. The van der Waals surface area contributed by atoms with Crippen LogP contribution in [0.5, 0.6) is 0 Å². The quantitative estimate of drug-likeness (QED) is 0.576. The summed E-state index contributed by atoms with van der Waals surface area (Å²) in [7, 11) is 0. The molecule has 36 heavy (non-hydrogen) atoms. The van der Waals surface area contributed by atoms with Crippen LogP contribution in [0.2, 0.25) is 0 Å². The molecule has 3 amide bonds. The number of carbonyl (C=O) groups excluding carboxylic acids is 3. The fourth-order valence-electron chi connectivity index (χ4n) is 6.44. The van der Waals surface area contributed by atoms with Gasteiger partial charge in [-0.2, -0.15) is 0 Å². The lowest BCUT2D eigenvalue weighted by Crippen LogP contribution is -2.55. The summed E-state index contributed by atoms with van der Waals surface area (Å²) in [5.41, 5.74) is 1.19. The van der Waals surface area contributed by atoms with Crippen LogP contribution in [-0.2, 0) is 19.1 Å². The molecule has 1 spiro atoms. The van der Waals surface area contributed by atoms with E-state index >= 15 is 0 Å². The largest absolute Gasteiger partial charge is 0.394 e. The van der Waals surface area contributed by atoms with E-state index in [9.17, 15) is 19.5 Å². The standard InChI is InChI=1S/C28H33N3O5/c1-16-10-11-17(2)20(14-16)30-25(34)23-28-13-12-27(4,36-28)21(22(28)26(35)31(23)18(3)15-32)24(33)29-19-8-6-5-7-9-19/h5-11,14,18,21-23,32H,12-13,15H2,1-4H3,(H,29,33)(H,30,34)/t18-,21-,22+,23?,27+,28?/m1/s1. The van der Waals surface area contributed by atoms with Crippen molar-refractivity contribution >= 4 is 29.1 Å². The highest BCUT2D eigenvalue weighted by atomic mass is 16.5. The number of nitrogens with zero attached hydrogens (tertiary/aromatic N) is 1. The maximum absolute atomic E-state index is 13.9. The van der Waals surface area contributed by atoms with Gasteiger partial charge in [-0.1, -0.05) is 30.3 Å². The maximum Gasteiger partial charge on any atom is 0.250 e. The van der Waals surface area contributed by atoms with Crippen molar-refractivity contribution in [3.8, 4) is 0 Å². The summed E-state index contributed by atoms with van der Waals surface area (Å²) in [6, 6.07) is 13.3. The van der Waals surface area contributed by atoms with Crippen molar-refractivity contribution in [2.45, 2.75) is 63.8 Å². The van der Waals surface area contributed by atoms with Crippen molar-refractivity contribution in [2.24, 2.45) is 11.8 Å². The Hall–Kier alpha value is -3.23. The van der Waals surface area contributed by atoms with Gasteiger partial charge in [0.05, 0.1) is 30.1 Å². The highest BCUT2D eigenvalue weighted by molar-refractivity contribution is 6.05. The molecule has 2 aromatic carbocycles. The summed E-state index contributed by atoms with van der Waals surface area (Å²) >= 11 is 0.